The van der Waals surface area contributed by atoms with Crippen molar-refractivity contribution < 1.29 is 18.4 Å². The Labute approximate surface area is 172 Å². The molecule has 6 nitrogen and oxygen atoms in total. The van der Waals surface area contributed by atoms with Crippen LogP contribution in [0.5, 0.6) is 0 Å². The first kappa shape index (κ1) is 21.2. The number of halogens is 2. The molecule has 1 N–H and O–H groups in total. The molecule has 3 aromatic rings. The zero-order valence-corrected chi connectivity index (χ0v) is 16.8. The van der Waals surface area contributed by atoms with Crippen molar-refractivity contribution in [3.8, 4) is 0 Å². The maximum absolute atomic E-state index is 14.2. The summed E-state index contributed by atoms with van der Waals surface area (Å²) in [6.07, 6.45) is 2.83. The van der Waals surface area contributed by atoms with Crippen molar-refractivity contribution in [3.05, 3.63) is 77.9 Å². The van der Waals surface area contributed by atoms with Crippen molar-refractivity contribution in [1.82, 2.24) is 19.8 Å². The highest BCUT2D eigenvalue weighted by atomic mass is 19.1. The Bertz CT molecular complexity index is 1100. The minimum atomic E-state index is -0.690. The lowest BCUT2D eigenvalue weighted by Gasteiger charge is -2.26. The molecule has 8 heteroatoms. The predicted octanol–water partition coefficient (Wildman–Crippen LogP) is 3.63. The molecule has 0 saturated heterocycles. The second-order valence-corrected chi connectivity index (χ2v) is 6.78. The molecule has 0 atom stereocenters. The number of ketones is 1. The zero-order chi connectivity index (χ0) is 21.8. The Kier molecular flexibility index (Phi) is 6.25. The maximum Gasteiger partial charge on any atom is 0.272 e. The van der Waals surface area contributed by atoms with E-state index in [0.29, 0.717) is 25.3 Å². The summed E-state index contributed by atoms with van der Waals surface area (Å²) in [5.41, 5.74) is 0.400. The third-order valence-electron chi connectivity index (χ3n) is 4.96. The molecule has 1 aromatic carbocycles. The molecular weight excluding hydrogens is 390 g/mol. The van der Waals surface area contributed by atoms with Gasteiger partial charge in [0.05, 0.1) is 16.8 Å². The molecule has 0 fully saturated rings. The normalized spacial score (nSPS) is 10.8. The van der Waals surface area contributed by atoms with Crippen LogP contribution in [0.25, 0.3) is 10.9 Å². The van der Waals surface area contributed by atoms with Gasteiger partial charge in [0.2, 0.25) is 5.78 Å². The van der Waals surface area contributed by atoms with Crippen molar-refractivity contribution in [2.24, 2.45) is 0 Å². The lowest BCUT2D eigenvalue weighted by molar-refractivity contribution is 0.0748. The molecule has 0 aliphatic rings. The van der Waals surface area contributed by atoms with E-state index in [9.17, 15) is 18.4 Å². The number of fused-ring (bicyclic) bond motifs is 1. The van der Waals surface area contributed by atoms with Gasteiger partial charge in [0.25, 0.3) is 5.91 Å². The first-order valence-corrected chi connectivity index (χ1v) is 9.45. The number of rotatable bonds is 8. The summed E-state index contributed by atoms with van der Waals surface area (Å²) in [4.78, 5) is 35.3. The van der Waals surface area contributed by atoms with Gasteiger partial charge >= 0.3 is 0 Å². The number of carbonyl (C=O) groups excluding carboxylic acids is 2. The molecule has 156 valence electrons. The number of nitrogens with zero attached hydrogens (tertiary/aromatic N) is 3. The number of Topliss-reactive ketones (excluding diaryl/α,β-unsaturated/α-hetero) is 1. The summed E-state index contributed by atoms with van der Waals surface area (Å²) < 4.78 is 28.1. The molecule has 0 spiro atoms. The number of hydrogen-bond acceptors (Lipinski definition) is 4. The van der Waals surface area contributed by atoms with E-state index in [1.807, 2.05) is 6.92 Å². The van der Waals surface area contributed by atoms with Gasteiger partial charge in [-0.2, -0.15) is 0 Å². The zero-order valence-electron chi connectivity index (χ0n) is 16.8. The van der Waals surface area contributed by atoms with E-state index in [0.717, 1.165) is 12.1 Å². The molecule has 0 saturated carbocycles. The van der Waals surface area contributed by atoms with E-state index in [-0.39, 0.29) is 28.1 Å². The van der Waals surface area contributed by atoms with Gasteiger partial charge in [-0.15, -0.1) is 0 Å². The van der Waals surface area contributed by atoms with E-state index in [4.69, 9.17) is 0 Å². The Morgan fingerprint density at radius 1 is 1.13 bits per heavy atom. The number of H-pyrrole nitrogens is 1. The highest BCUT2D eigenvalue weighted by Gasteiger charge is 2.22. The van der Waals surface area contributed by atoms with Gasteiger partial charge in [-0.1, -0.05) is 12.6 Å². The molecule has 1 amide bonds. The lowest BCUT2D eigenvalue weighted by atomic mass is 10.1. The van der Waals surface area contributed by atoms with Crippen LogP contribution in [0.3, 0.4) is 0 Å². The Morgan fingerprint density at radius 3 is 2.53 bits per heavy atom. The van der Waals surface area contributed by atoms with Crippen molar-refractivity contribution in [1.29, 1.82) is 0 Å². The van der Waals surface area contributed by atoms with Gasteiger partial charge in [0, 0.05) is 44.5 Å². The largest absolute Gasteiger partial charge is 0.370 e. The maximum atomic E-state index is 14.2. The van der Waals surface area contributed by atoms with Gasteiger partial charge in [-0.25, -0.2) is 8.78 Å². The summed E-state index contributed by atoms with van der Waals surface area (Å²) in [5.74, 6) is -2.06. The number of aromatic amines is 1. The average Bonchev–Trinajstić information content (AvgIpc) is 3.22. The highest BCUT2D eigenvalue weighted by Crippen LogP contribution is 2.26. The number of aromatic nitrogens is 2. The van der Waals surface area contributed by atoms with Crippen LogP contribution in [0.15, 0.2) is 55.0 Å². The van der Waals surface area contributed by atoms with E-state index < -0.39 is 17.4 Å². The smallest absolute Gasteiger partial charge is 0.272 e. The van der Waals surface area contributed by atoms with Crippen LogP contribution in [-0.4, -0.2) is 58.1 Å². The summed E-state index contributed by atoms with van der Waals surface area (Å²) in [6.45, 7) is 6.80. The lowest BCUT2D eigenvalue weighted by Crippen LogP contribution is -2.38. The van der Waals surface area contributed by atoms with Gasteiger partial charge in [-0.3, -0.25) is 14.6 Å². The summed E-state index contributed by atoms with van der Waals surface area (Å²) in [6, 6.07) is 7.10. The quantitative estimate of drug-likeness (QED) is 0.453. The molecular formula is C22H22F2N4O2. The van der Waals surface area contributed by atoms with Gasteiger partial charge < -0.3 is 14.8 Å². The van der Waals surface area contributed by atoms with Crippen LogP contribution in [0.1, 0.15) is 27.8 Å². The Hall–Kier alpha value is -3.55. The number of likely N-dealkylation sites (N-methyl/N-ethyl adjacent to an activating group) is 2. The van der Waals surface area contributed by atoms with Crippen LogP contribution in [0, 0.1) is 11.6 Å². The second kappa shape index (κ2) is 8.86. The number of nitrogens with one attached hydrogen (secondary N) is 1. The minimum absolute atomic E-state index is 0.00996. The molecule has 0 unspecified atom stereocenters. The fraction of sp³-hybridized carbons (Fsp3) is 0.227. The molecule has 0 radical (unpaired) electrons. The fourth-order valence-corrected chi connectivity index (χ4v) is 3.14. The standard InChI is InChI=1S/C22H22F2N4O2/c1-4-28(22(30)18-7-5-6-10-25-18)12-11-27(3)14(2)21(29)15-13-26-20-17(24)9-8-16(23)19(15)20/h5-10,13,26H,2,4,11-12H2,1,3H3. The van der Waals surface area contributed by atoms with Gasteiger partial charge in [0.1, 0.15) is 17.3 Å². The Balaban J connectivity index is 1.71. The fourth-order valence-electron chi connectivity index (χ4n) is 3.14. The van der Waals surface area contributed by atoms with E-state index in [1.165, 1.54) is 6.20 Å². The first-order chi connectivity index (χ1) is 14.3. The van der Waals surface area contributed by atoms with Crippen molar-refractivity contribution in [3.63, 3.8) is 0 Å². The highest BCUT2D eigenvalue weighted by molar-refractivity contribution is 6.15. The minimum Gasteiger partial charge on any atom is -0.370 e. The average molecular weight is 412 g/mol. The summed E-state index contributed by atoms with van der Waals surface area (Å²) >= 11 is 0. The van der Waals surface area contributed by atoms with Crippen molar-refractivity contribution in [2.75, 3.05) is 26.7 Å². The van der Waals surface area contributed by atoms with Crippen molar-refractivity contribution >= 4 is 22.6 Å². The van der Waals surface area contributed by atoms with Crippen LogP contribution in [-0.2, 0) is 0 Å². The number of pyridine rings is 1. The van der Waals surface area contributed by atoms with Crippen LogP contribution in [0.4, 0.5) is 8.78 Å². The molecule has 0 bridgehead atoms. The molecule has 2 heterocycles. The van der Waals surface area contributed by atoms with E-state index in [1.54, 1.807) is 41.2 Å². The van der Waals surface area contributed by atoms with Crippen LogP contribution < -0.4 is 0 Å². The molecule has 0 aliphatic carbocycles. The third kappa shape index (κ3) is 4.07. The predicted molar refractivity (Wildman–Crippen MR) is 110 cm³/mol. The molecule has 0 aliphatic heterocycles. The number of allylic oxidation sites excluding steroid dienone is 1. The monoisotopic (exact) mass is 412 g/mol. The van der Waals surface area contributed by atoms with Gasteiger partial charge in [0.15, 0.2) is 0 Å². The van der Waals surface area contributed by atoms with Crippen LogP contribution >= 0.6 is 0 Å². The molecule has 30 heavy (non-hydrogen) atoms. The SMILES string of the molecule is C=C(C(=O)c1c[nH]c2c(F)ccc(F)c12)N(C)CCN(CC)C(=O)c1ccccn1. The number of amides is 1. The first-order valence-electron chi connectivity index (χ1n) is 9.45. The second-order valence-electron chi connectivity index (χ2n) is 6.78. The molecule has 2 aromatic heterocycles. The summed E-state index contributed by atoms with van der Waals surface area (Å²) in [7, 11) is 1.66. The third-order valence-corrected chi connectivity index (χ3v) is 4.96. The Morgan fingerprint density at radius 2 is 1.87 bits per heavy atom. The number of carbonyl (C=O) groups is 2. The van der Waals surface area contributed by atoms with E-state index >= 15 is 0 Å². The molecule has 3 rings (SSSR count). The van der Waals surface area contributed by atoms with Crippen molar-refractivity contribution in [2.45, 2.75) is 6.92 Å². The van der Waals surface area contributed by atoms with Gasteiger partial charge in [-0.05, 0) is 31.2 Å². The van der Waals surface area contributed by atoms with Crippen LogP contribution in [0.2, 0.25) is 0 Å². The van der Waals surface area contributed by atoms with E-state index in [2.05, 4.69) is 16.5 Å². The number of hydrogen-bond donors (Lipinski definition) is 1. The summed E-state index contributed by atoms with van der Waals surface area (Å²) in [5, 5.41) is -0.102. The topological polar surface area (TPSA) is 69.3 Å². The number of benzene rings is 1.